The Labute approximate surface area is 101 Å². The highest BCUT2D eigenvalue weighted by Crippen LogP contribution is 2.26. The van der Waals surface area contributed by atoms with Gasteiger partial charge in [-0.25, -0.2) is 0 Å². The fraction of sp³-hybridized carbons (Fsp3) is 0.875. The van der Waals surface area contributed by atoms with E-state index in [4.69, 9.17) is 0 Å². The minimum Gasteiger partial charge on any atom is -0.530 e. The van der Waals surface area contributed by atoms with E-state index >= 15 is 0 Å². The van der Waals surface area contributed by atoms with Gasteiger partial charge in [-0.3, -0.25) is 4.18 Å². The number of halogens is 3. The van der Waals surface area contributed by atoms with E-state index in [2.05, 4.69) is 4.18 Å². The standard InChI is InChI=1S/C8H12F3NO5S/c9-8(10,11)18(15,16)17-5-6-2-1-3-12(4-6)7(13)14/h6H,1-5H2,(H,13,14)/p-1. The van der Waals surface area contributed by atoms with E-state index in [-0.39, 0.29) is 13.1 Å². The van der Waals surface area contributed by atoms with Crippen LogP contribution in [-0.4, -0.2) is 44.6 Å². The van der Waals surface area contributed by atoms with Crippen LogP contribution in [0.4, 0.5) is 18.0 Å². The minimum absolute atomic E-state index is 0.0876. The van der Waals surface area contributed by atoms with Gasteiger partial charge >= 0.3 is 15.6 Å². The van der Waals surface area contributed by atoms with Crippen molar-refractivity contribution in [2.24, 2.45) is 5.92 Å². The third-order valence-corrected chi connectivity index (χ3v) is 3.53. The summed E-state index contributed by atoms with van der Waals surface area (Å²) >= 11 is 0. The zero-order valence-corrected chi connectivity index (χ0v) is 9.96. The van der Waals surface area contributed by atoms with Gasteiger partial charge in [0.1, 0.15) is 6.09 Å². The molecular formula is C8H11F3NO5S-. The van der Waals surface area contributed by atoms with Crippen LogP contribution in [0, 0.1) is 5.92 Å². The summed E-state index contributed by atoms with van der Waals surface area (Å²) in [5.41, 5.74) is -5.46. The molecule has 0 aliphatic carbocycles. The van der Waals surface area contributed by atoms with Crippen LogP contribution in [0.5, 0.6) is 0 Å². The fourth-order valence-electron chi connectivity index (χ4n) is 1.62. The van der Waals surface area contributed by atoms with E-state index in [1.807, 2.05) is 0 Å². The lowest BCUT2D eigenvalue weighted by molar-refractivity contribution is -0.267. The maximum atomic E-state index is 12.0. The number of carboxylic acid groups (broad SMARTS) is 1. The average Bonchev–Trinajstić information content (AvgIpc) is 2.25. The topological polar surface area (TPSA) is 86.7 Å². The summed E-state index contributed by atoms with van der Waals surface area (Å²) in [6.45, 7) is -0.549. The summed E-state index contributed by atoms with van der Waals surface area (Å²) in [5, 5.41) is 10.5. The van der Waals surface area contributed by atoms with E-state index in [1.165, 1.54) is 0 Å². The molecule has 6 nitrogen and oxygen atoms in total. The molecule has 1 unspecified atom stereocenters. The second kappa shape index (κ2) is 5.31. The van der Waals surface area contributed by atoms with Crippen molar-refractivity contribution >= 4 is 16.2 Å². The highest BCUT2D eigenvalue weighted by atomic mass is 32.2. The molecule has 0 aromatic heterocycles. The van der Waals surface area contributed by atoms with Crippen molar-refractivity contribution in [2.75, 3.05) is 19.7 Å². The van der Waals surface area contributed by atoms with Crippen molar-refractivity contribution in [3.8, 4) is 0 Å². The molecule has 1 saturated heterocycles. The Balaban J connectivity index is 2.52. The minimum atomic E-state index is -5.62. The van der Waals surface area contributed by atoms with Gasteiger partial charge in [0.2, 0.25) is 0 Å². The number of nitrogens with zero attached hydrogens (tertiary/aromatic N) is 1. The first kappa shape index (κ1) is 15.0. The van der Waals surface area contributed by atoms with Crippen LogP contribution in [0.2, 0.25) is 0 Å². The lowest BCUT2D eigenvalue weighted by Gasteiger charge is -2.34. The lowest BCUT2D eigenvalue weighted by atomic mass is 10.00. The number of alkyl halides is 3. The number of carbonyl (C=O) groups is 1. The first-order chi connectivity index (χ1) is 8.13. The zero-order chi connectivity index (χ0) is 14.0. The Kier molecular flexibility index (Phi) is 4.43. The third-order valence-electron chi connectivity index (χ3n) is 2.52. The molecule has 0 radical (unpaired) electrons. The molecule has 18 heavy (non-hydrogen) atoms. The van der Waals surface area contributed by atoms with E-state index in [0.717, 1.165) is 4.90 Å². The molecule has 1 rings (SSSR count). The van der Waals surface area contributed by atoms with Crippen molar-refractivity contribution < 1.29 is 35.7 Å². The van der Waals surface area contributed by atoms with E-state index in [9.17, 15) is 31.5 Å². The van der Waals surface area contributed by atoms with E-state index in [0.29, 0.717) is 12.8 Å². The van der Waals surface area contributed by atoms with Crippen molar-refractivity contribution in [1.29, 1.82) is 0 Å². The van der Waals surface area contributed by atoms with Crippen LogP contribution in [0.25, 0.3) is 0 Å². The summed E-state index contributed by atoms with van der Waals surface area (Å²) < 4.78 is 61.0. The van der Waals surface area contributed by atoms with Crippen molar-refractivity contribution in [3.05, 3.63) is 0 Å². The molecule has 1 aliphatic rings. The summed E-state index contributed by atoms with van der Waals surface area (Å²) in [5.74, 6) is -0.589. The largest absolute Gasteiger partial charge is 0.530 e. The number of likely N-dealkylation sites (tertiary alicyclic amines) is 1. The number of hydrogen-bond donors (Lipinski definition) is 0. The number of hydrogen-bond acceptors (Lipinski definition) is 5. The molecule has 0 N–H and O–H groups in total. The predicted octanol–water partition coefficient (Wildman–Crippen LogP) is -0.0921. The summed E-state index contributed by atoms with van der Waals surface area (Å²) in [6, 6.07) is 0. The first-order valence-electron chi connectivity index (χ1n) is 5.05. The fourth-order valence-corrected chi connectivity index (χ4v) is 2.12. The van der Waals surface area contributed by atoms with Crippen molar-refractivity contribution in [2.45, 2.75) is 18.3 Å². The Hall–Kier alpha value is -1.03. The SMILES string of the molecule is O=C([O-])N1CCCC(COS(=O)(=O)C(F)(F)F)C1. The highest BCUT2D eigenvalue weighted by molar-refractivity contribution is 7.87. The molecule has 1 fully saturated rings. The second-order valence-electron chi connectivity index (χ2n) is 3.90. The van der Waals surface area contributed by atoms with E-state index < -0.39 is 34.2 Å². The maximum absolute atomic E-state index is 12.0. The lowest BCUT2D eigenvalue weighted by Crippen LogP contribution is -2.47. The van der Waals surface area contributed by atoms with Gasteiger partial charge in [0.25, 0.3) is 0 Å². The molecule has 0 spiro atoms. The molecule has 0 aromatic carbocycles. The van der Waals surface area contributed by atoms with Gasteiger partial charge in [0, 0.05) is 19.0 Å². The molecule has 0 aromatic rings. The summed E-state index contributed by atoms with van der Waals surface area (Å²) in [6.07, 6.45) is -0.607. The quantitative estimate of drug-likeness (QED) is 0.535. The Morgan fingerprint density at radius 2 is 2.06 bits per heavy atom. The van der Waals surface area contributed by atoms with Crippen LogP contribution in [-0.2, 0) is 14.3 Å². The number of amides is 1. The molecule has 106 valence electrons. The Bertz CT molecular complexity index is 407. The molecule has 1 heterocycles. The van der Waals surface area contributed by atoms with Crippen molar-refractivity contribution in [1.82, 2.24) is 4.90 Å². The van der Waals surface area contributed by atoms with E-state index in [1.54, 1.807) is 0 Å². The molecule has 1 atom stereocenters. The number of carbonyl (C=O) groups excluding carboxylic acids is 1. The molecule has 1 aliphatic heterocycles. The summed E-state index contributed by atoms with van der Waals surface area (Å²) in [4.78, 5) is 11.5. The van der Waals surface area contributed by atoms with Crippen molar-refractivity contribution in [3.63, 3.8) is 0 Å². The highest BCUT2D eigenvalue weighted by Gasteiger charge is 2.47. The van der Waals surface area contributed by atoms with Gasteiger partial charge in [-0.05, 0) is 12.8 Å². The molecule has 0 bridgehead atoms. The third kappa shape index (κ3) is 3.73. The maximum Gasteiger partial charge on any atom is 0.523 e. The average molecular weight is 290 g/mol. The monoisotopic (exact) mass is 290 g/mol. The van der Waals surface area contributed by atoms with Gasteiger partial charge in [0.15, 0.2) is 0 Å². The van der Waals surface area contributed by atoms with Gasteiger partial charge in [0.05, 0.1) is 6.61 Å². The Morgan fingerprint density at radius 1 is 1.44 bits per heavy atom. The van der Waals surface area contributed by atoms with Crippen LogP contribution in [0.15, 0.2) is 0 Å². The predicted molar refractivity (Wildman–Crippen MR) is 50.6 cm³/mol. The van der Waals surface area contributed by atoms with Gasteiger partial charge in [-0.2, -0.15) is 21.6 Å². The smallest absolute Gasteiger partial charge is 0.523 e. The normalized spacial score (nSPS) is 21.9. The Morgan fingerprint density at radius 3 is 2.56 bits per heavy atom. The summed E-state index contributed by atoms with van der Waals surface area (Å²) in [7, 11) is -5.62. The van der Waals surface area contributed by atoms with Crippen LogP contribution in [0.3, 0.4) is 0 Å². The van der Waals surface area contributed by atoms with Crippen LogP contribution in [0.1, 0.15) is 12.8 Å². The molecular weight excluding hydrogens is 279 g/mol. The zero-order valence-electron chi connectivity index (χ0n) is 9.14. The van der Waals surface area contributed by atoms with Crippen LogP contribution < -0.4 is 5.11 Å². The molecule has 0 saturated carbocycles. The van der Waals surface area contributed by atoms with Crippen LogP contribution >= 0.6 is 0 Å². The first-order valence-corrected chi connectivity index (χ1v) is 6.46. The molecule has 10 heteroatoms. The van der Waals surface area contributed by atoms with Gasteiger partial charge < -0.3 is 14.8 Å². The number of rotatable bonds is 3. The number of piperidine rings is 1. The van der Waals surface area contributed by atoms with Gasteiger partial charge in [-0.1, -0.05) is 0 Å². The van der Waals surface area contributed by atoms with Gasteiger partial charge in [-0.15, -0.1) is 0 Å². The molecule has 1 amide bonds. The second-order valence-corrected chi connectivity index (χ2v) is 5.51.